The van der Waals surface area contributed by atoms with Crippen LogP contribution >= 0.6 is 12.6 Å². The lowest BCUT2D eigenvalue weighted by Crippen LogP contribution is -2.53. The smallest absolute Gasteiger partial charge is 0.411 e. The van der Waals surface area contributed by atoms with Crippen LogP contribution in [0.15, 0.2) is 127 Å². The first-order valence-electron chi connectivity index (χ1n) is 18.4. The highest BCUT2D eigenvalue weighted by Gasteiger charge is 2.37. The Balaban J connectivity index is 1.46. The van der Waals surface area contributed by atoms with Gasteiger partial charge in [-0.3, -0.25) is 24.6 Å². The van der Waals surface area contributed by atoms with Crippen molar-refractivity contribution in [2.75, 3.05) is 36.2 Å². The summed E-state index contributed by atoms with van der Waals surface area (Å²) in [6, 6.07) is 40.4. The van der Waals surface area contributed by atoms with Crippen LogP contribution in [0.1, 0.15) is 59.9 Å². The van der Waals surface area contributed by atoms with Crippen LogP contribution in [0.4, 0.5) is 16.2 Å². The van der Waals surface area contributed by atoms with E-state index < -0.39 is 35.8 Å². The van der Waals surface area contributed by atoms with Crippen LogP contribution in [0.25, 0.3) is 11.1 Å². The maximum Gasteiger partial charge on any atom is 0.411 e. The number of esters is 1. The number of amides is 3. The quantitative estimate of drug-likeness (QED) is 0.0599. The molecule has 3 amide bonds. The van der Waals surface area contributed by atoms with E-state index in [-0.39, 0.29) is 37.2 Å². The Morgan fingerprint density at radius 3 is 1.85 bits per heavy atom. The summed E-state index contributed by atoms with van der Waals surface area (Å²) >= 11 is 4.36. The number of rotatable bonds is 14. The van der Waals surface area contributed by atoms with Gasteiger partial charge in [-0.05, 0) is 56.7 Å². The van der Waals surface area contributed by atoms with Crippen molar-refractivity contribution >= 4 is 47.9 Å². The van der Waals surface area contributed by atoms with Crippen LogP contribution in [0.2, 0.25) is 0 Å². The van der Waals surface area contributed by atoms with Gasteiger partial charge in [-0.1, -0.05) is 135 Å². The molecule has 0 aromatic heterocycles. The summed E-state index contributed by atoms with van der Waals surface area (Å²) in [5.74, 6) is -2.32. The Labute approximate surface area is 327 Å². The van der Waals surface area contributed by atoms with Gasteiger partial charge >= 0.3 is 12.1 Å². The summed E-state index contributed by atoms with van der Waals surface area (Å²) in [6.45, 7) is 3.35. The first kappa shape index (κ1) is 38.8. The SMILES string of the molecule is COC(=O)CNC(=O)[C@@H](C(C)C)N(C(=O)CCS)c1cccc(C(c2ccccc2)c2ccccc2)c1NC(=O)OCC1c2ccccc2-c2ccccc21. The lowest BCUT2D eigenvalue weighted by Gasteiger charge is -2.36. The molecule has 5 aromatic carbocycles. The summed E-state index contributed by atoms with van der Waals surface area (Å²) in [4.78, 5) is 55.8. The van der Waals surface area contributed by atoms with E-state index in [2.05, 4.69) is 47.5 Å². The number of carbonyl (C=O) groups excluding carboxylic acids is 4. The number of ether oxygens (including phenoxy) is 2. The Bertz CT molecular complexity index is 2060. The van der Waals surface area contributed by atoms with Crippen LogP contribution in [0.3, 0.4) is 0 Å². The van der Waals surface area contributed by atoms with Crippen molar-refractivity contribution in [1.82, 2.24) is 5.32 Å². The van der Waals surface area contributed by atoms with Crippen molar-refractivity contribution in [3.8, 4) is 11.1 Å². The number of hydrogen-bond acceptors (Lipinski definition) is 7. The van der Waals surface area contributed by atoms with Gasteiger partial charge < -0.3 is 14.8 Å². The van der Waals surface area contributed by atoms with Crippen LogP contribution < -0.4 is 15.5 Å². The van der Waals surface area contributed by atoms with E-state index in [0.717, 1.165) is 33.4 Å². The van der Waals surface area contributed by atoms with E-state index in [0.29, 0.717) is 16.9 Å². The minimum Gasteiger partial charge on any atom is -0.468 e. The van der Waals surface area contributed by atoms with Gasteiger partial charge in [0.25, 0.3) is 0 Å². The normalized spacial score (nSPS) is 12.4. The van der Waals surface area contributed by atoms with E-state index in [4.69, 9.17) is 9.47 Å². The molecule has 10 heteroatoms. The molecule has 55 heavy (non-hydrogen) atoms. The first-order valence-corrected chi connectivity index (χ1v) is 19.0. The highest BCUT2D eigenvalue weighted by molar-refractivity contribution is 7.80. The topological polar surface area (TPSA) is 114 Å². The zero-order chi connectivity index (χ0) is 38.9. The molecule has 9 nitrogen and oxygen atoms in total. The number of carbonyl (C=O) groups is 4. The predicted octanol–water partition coefficient (Wildman–Crippen LogP) is 8.19. The van der Waals surface area contributed by atoms with Crippen LogP contribution in [0.5, 0.6) is 0 Å². The van der Waals surface area contributed by atoms with Crippen LogP contribution in [-0.4, -0.2) is 55.9 Å². The van der Waals surface area contributed by atoms with Crippen molar-refractivity contribution in [3.05, 3.63) is 155 Å². The Morgan fingerprint density at radius 1 is 0.745 bits per heavy atom. The molecule has 1 aliphatic carbocycles. The van der Waals surface area contributed by atoms with Gasteiger partial charge in [0.2, 0.25) is 11.8 Å². The molecule has 282 valence electrons. The molecule has 0 spiro atoms. The van der Waals surface area contributed by atoms with Crippen LogP contribution in [-0.2, 0) is 23.9 Å². The summed E-state index contributed by atoms with van der Waals surface area (Å²) in [5, 5.41) is 5.70. The minimum absolute atomic E-state index is 0.00598. The molecule has 1 atom stereocenters. The molecule has 0 unspecified atom stereocenters. The molecule has 2 N–H and O–H groups in total. The second kappa shape index (κ2) is 18.0. The second-order valence-corrected chi connectivity index (χ2v) is 14.1. The summed E-state index contributed by atoms with van der Waals surface area (Å²) in [7, 11) is 1.24. The van der Waals surface area contributed by atoms with E-state index in [9.17, 15) is 19.2 Å². The fourth-order valence-corrected chi connectivity index (χ4v) is 7.61. The fourth-order valence-electron chi connectivity index (χ4n) is 7.42. The third-order valence-corrected chi connectivity index (χ3v) is 10.1. The second-order valence-electron chi connectivity index (χ2n) is 13.7. The number of nitrogens with zero attached hydrogens (tertiary/aromatic N) is 1. The number of benzene rings is 5. The summed E-state index contributed by atoms with van der Waals surface area (Å²) in [6.07, 6.45) is -0.709. The maximum absolute atomic E-state index is 14.2. The molecular formula is C45H45N3O6S. The highest BCUT2D eigenvalue weighted by Crippen LogP contribution is 2.45. The Morgan fingerprint density at radius 2 is 1.31 bits per heavy atom. The number of thiol groups is 1. The molecule has 0 saturated carbocycles. The first-order chi connectivity index (χ1) is 26.7. The zero-order valence-corrected chi connectivity index (χ0v) is 32.0. The maximum atomic E-state index is 14.2. The number of anilines is 2. The van der Waals surface area contributed by atoms with Crippen molar-refractivity contribution in [1.29, 1.82) is 0 Å². The van der Waals surface area contributed by atoms with Gasteiger partial charge in [-0.2, -0.15) is 12.6 Å². The number of methoxy groups -OCH3 is 1. The zero-order valence-electron chi connectivity index (χ0n) is 31.1. The van der Waals surface area contributed by atoms with Crippen molar-refractivity contribution in [2.45, 2.75) is 38.1 Å². The molecule has 0 aliphatic heterocycles. The largest absolute Gasteiger partial charge is 0.468 e. The van der Waals surface area contributed by atoms with E-state index in [1.807, 2.05) is 111 Å². The van der Waals surface area contributed by atoms with Crippen molar-refractivity contribution in [2.24, 2.45) is 5.92 Å². The monoisotopic (exact) mass is 755 g/mol. The molecule has 0 radical (unpaired) electrons. The Kier molecular flexibility index (Phi) is 12.7. The molecule has 1 aliphatic rings. The van der Waals surface area contributed by atoms with Gasteiger partial charge in [0.15, 0.2) is 0 Å². The summed E-state index contributed by atoms with van der Waals surface area (Å²) < 4.78 is 10.8. The number of fused-ring (bicyclic) bond motifs is 3. The van der Waals surface area contributed by atoms with Gasteiger partial charge in [0.05, 0.1) is 18.5 Å². The Hall–Kier alpha value is -5.87. The molecular weight excluding hydrogens is 711 g/mol. The number of hydrogen-bond donors (Lipinski definition) is 3. The van der Waals surface area contributed by atoms with E-state index in [1.54, 1.807) is 6.07 Å². The third kappa shape index (κ3) is 8.60. The number of para-hydroxylation sites is 1. The van der Waals surface area contributed by atoms with E-state index in [1.165, 1.54) is 12.0 Å². The lowest BCUT2D eigenvalue weighted by atomic mass is 9.83. The van der Waals surface area contributed by atoms with Crippen molar-refractivity contribution in [3.63, 3.8) is 0 Å². The van der Waals surface area contributed by atoms with Crippen LogP contribution in [0, 0.1) is 5.92 Å². The van der Waals surface area contributed by atoms with Gasteiger partial charge in [0.1, 0.15) is 19.2 Å². The average molecular weight is 756 g/mol. The molecule has 5 aromatic rings. The van der Waals surface area contributed by atoms with Gasteiger partial charge in [-0.15, -0.1) is 0 Å². The minimum atomic E-state index is -1.07. The van der Waals surface area contributed by atoms with Gasteiger partial charge in [-0.25, -0.2) is 4.79 Å². The fraction of sp³-hybridized carbons (Fsp3) is 0.244. The number of nitrogens with one attached hydrogen (secondary N) is 2. The average Bonchev–Trinajstić information content (AvgIpc) is 3.53. The molecule has 0 fully saturated rings. The highest BCUT2D eigenvalue weighted by atomic mass is 32.1. The molecule has 0 bridgehead atoms. The molecule has 0 saturated heterocycles. The van der Waals surface area contributed by atoms with Crippen molar-refractivity contribution < 1.29 is 28.7 Å². The molecule has 6 rings (SSSR count). The lowest BCUT2D eigenvalue weighted by molar-refractivity contribution is -0.141. The van der Waals surface area contributed by atoms with E-state index >= 15 is 0 Å². The summed E-state index contributed by atoms with van der Waals surface area (Å²) in [5.41, 5.74) is 7.58. The predicted molar refractivity (Wildman–Crippen MR) is 219 cm³/mol. The van der Waals surface area contributed by atoms with Gasteiger partial charge in [0, 0.05) is 18.3 Å². The molecule has 0 heterocycles. The standard InChI is InChI=1S/C45H45N3O6S/c1-29(2)43(44(51)46-27-40(50)53-3)48(39(49)25-26-55)38-24-14-23-36(41(30-15-6-4-7-16-30)31-17-8-5-9-18-31)42(38)47-45(52)54-28-37-34-21-12-10-19-32(34)33-20-11-13-22-35(33)37/h4-24,29,37,41,43,55H,25-28H2,1-3H3,(H,46,51)(H,47,52)/t43-/m1/s1. The third-order valence-electron chi connectivity index (χ3n) is 9.89.